The third-order valence-corrected chi connectivity index (χ3v) is 3.34. The summed E-state index contributed by atoms with van der Waals surface area (Å²) in [6, 6.07) is -0.0998. The highest BCUT2D eigenvalue weighted by molar-refractivity contribution is 5.96. The zero-order chi connectivity index (χ0) is 16.0. The van der Waals surface area contributed by atoms with Crippen molar-refractivity contribution in [2.45, 2.75) is 40.3 Å². The topological polar surface area (TPSA) is 93.3 Å². The van der Waals surface area contributed by atoms with E-state index in [9.17, 15) is 14.9 Å². The molecule has 0 radical (unpaired) electrons. The minimum atomic E-state index is -0.580. The van der Waals surface area contributed by atoms with Crippen molar-refractivity contribution in [3.05, 3.63) is 22.0 Å². The van der Waals surface area contributed by atoms with Crippen molar-refractivity contribution in [2.75, 3.05) is 19.6 Å². The third-order valence-electron chi connectivity index (χ3n) is 3.34. The summed E-state index contributed by atoms with van der Waals surface area (Å²) in [6.07, 6.45) is 1.12. The molecule has 1 N–H and O–H groups in total. The Labute approximate surface area is 124 Å². The molecule has 0 spiro atoms. The first-order valence-electron chi connectivity index (χ1n) is 7.17. The van der Waals surface area contributed by atoms with Gasteiger partial charge in [-0.3, -0.25) is 19.6 Å². The summed E-state index contributed by atoms with van der Waals surface area (Å²) >= 11 is 0. The van der Waals surface area contributed by atoms with Crippen LogP contribution in [0.1, 0.15) is 38.2 Å². The number of carbonyl (C=O) groups is 1. The summed E-state index contributed by atoms with van der Waals surface area (Å²) in [4.78, 5) is 24.9. The number of nitro groups is 1. The normalized spacial score (nSPS) is 12.4. The van der Waals surface area contributed by atoms with Gasteiger partial charge in [-0.15, -0.1) is 0 Å². The van der Waals surface area contributed by atoms with Crippen molar-refractivity contribution >= 4 is 11.6 Å². The summed E-state index contributed by atoms with van der Waals surface area (Å²) in [5, 5.41) is 17.7. The average Bonchev–Trinajstić information content (AvgIpc) is 2.88. The maximum absolute atomic E-state index is 12.3. The quantitative estimate of drug-likeness (QED) is 0.576. The Bertz CT molecular complexity index is 496. The van der Waals surface area contributed by atoms with Crippen LogP contribution in [0.5, 0.6) is 0 Å². The second-order valence-corrected chi connectivity index (χ2v) is 4.81. The zero-order valence-corrected chi connectivity index (χ0v) is 13.0. The van der Waals surface area contributed by atoms with Gasteiger partial charge in [-0.25, -0.2) is 0 Å². The van der Waals surface area contributed by atoms with Gasteiger partial charge >= 0.3 is 5.69 Å². The molecule has 1 rings (SSSR count). The number of likely N-dealkylation sites (N-methyl/N-ethyl adjacent to an activating group) is 1. The number of aromatic nitrogens is 2. The molecule has 1 atom stereocenters. The van der Waals surface area contributed by atoms with Crippen LogP contribution in [-0.4, -0.2) is 51.2 Å². The van der Waals surface area contributed by atoms with Crippen LogP contribution in [0.25, 0.3) is 0 Å². The summed E-state index contributed by atoms with van der Waals surface area (Å²) in [6.45, 7) is 10.7. The van der Waals surface area contributed by atoms with Crippen molar-refractivity contribution in [2.24, 2.45) is 0 Å². The Kier molecular flexibility index (Phi) is 6.29. The van der Waals surface area contributed by atoms with Crippen LogP contribution < -0.4 is 5.32 Å². The predicted molar refractivity (Wildman–Crippen MR) is 79.3 cm³/mol. The van der Waals surface area contributed by atoms with E-state index in [4.69, 9.17) is 0 Å². The molecule has 0 bridgehead atoms. The molecule has 0 aliphatic carbocycles. The molecule has 1 amide bonds. The predicted octanol–water partition coefficient (Wildman–Crippen LogP) is 1.27. The lowest BCUT2D eigenvalue weighted by molar-refractivity contribution is -0.385. The van der Waals surface area contributed by atoms with E-state index in [1.807, 2.05) is 6.92 Å². The Morgan fingerprint density at radius 3 is 2.57 bits per heavy atom. The van der Waals surface area contributed by atoms with Crippen molar-refractivity contribution in [3.8, 4) is 0 Å². The summed E-state index contributed by atoms with van der Waals surface area (Å²) in [7, 11) is 0. The maximum Gasteiger partial charge on any atom is 0.320 e. The molecular formula is C13H23N5O3. The molecule has 0 aliphatic rings. The lowest BCUT2D eigenvalue weighted by Crippen LogP contribution is -2.42. The molecule has 0 saturated heterocycles. The molecule has 21 heavy (non-hydrogen) atoms. The fourth-order valence-corrected chi connectivity index (χ4v) is 2.19. The molecule has 0 unspecified atom stereocenters. The van der Waals surface area contributed by atoms with Crippen molar-refractivity contribution in [1.82, 2.24) is 20.0 Å². The van der Waals surface area contributed by atoms with Gasteiger partial charge in [0.25, 0.3) is 5.91 Å². The van der Waals surface area contributed by atoms with Gasteiger partial charge in [0.15, 0.2) is 0 Å². The van der Waals surface area contributed by atoms with Crippen molar-refractivity contribution < 1.29 is 9.72 Å². The Morgan fingerprint density at radius 1 is 1.48 bits per heavy atom. The second-order valence-electron chi connectivity index (χ2n) is 4.81. The fraction of sp³-hybridized carbons (Fsp3) is 0.692. The van der Waals surface area contributed by atoms with E-state index in [1.54, 1.807) is 6.92 Å². The third kappa shape index (κ3) is 4.25. The number of hydrogen-bond donors (Lipinski definition) is 1. The van der Waals surface area contributed by atoms with E-state index >= 15 is 0 Å². The summed E-state index contributed by atoms with van der Waals surface area (Å²) in [5.74, 6) is -0.458. The van der Waals surface area contributed by atoms with Crippen LogP contribution in [0.4, 0.5) is 5.69 Å². The first-order chi connectivity index (χ1) is 9.94. The van der Waals surface area contributed by atoms with Crippen molar-refractivity contribution in [1.29, 1.82) is 0 Å². The van der Waals surface area contributed by atoms with Crippen LogP contribution in [0.15, 0.2) is 6.20 Å². The van der Waals surface area contributed by atoms with Crippen LogP contribution in [0, 0.1) is 10.1 Å². The van der Waals surface area contributed by atoms with Gasteiger partial charge < -0.3 is 10.2 Å². The van der Waals surface area contributed by atoms with Crippen LogP contribution in [-0.2, 0) is 6.54 Å². The molecule has 0 aromatic carbocycles. The van der Waals surface area contributed by atoms with Gasteiger partial charge in [-0.1, -0.05) is 13.8 Å². The van der Waals surface area contributed by atoms with E-state index in [2.05, 4.69) is 29.2 Å². The van der Waals surface area contributed by atoms with Crippen LogP contribution in [0.2, 0.25) is 0 Å². The van der Waals surface area contributed by atoms with Gasteiger partial charge in [0.05, 0.1) is 4.92 Å². The minimum absolute atomic E-state index is 0.00824. The van der Waals surface area contributed by atoms with E-state index < -0.39 is 10.8 Å². The summed E-state index contributed by atoms with van der Waals surface area (Å²) in [5.41, 5.74) is -0.252. The van der Waals surface area contributed by atoms with Gasteiger partial charge in [0.2, 0.25) is 5.69 Å². The molecule has 1 aromatic rings. The van der Waals surface area contributed by atoms with Crippen molar-refractivity contribution in [3.63, 3.8) is 0 Å². The molecule has 0 fully saturated rings. The monoisotopic (exact) mass is 297 g/mol. The number of amides is 1. The van der Waals surface area contributed by atoms with Gasteiger partial charge in [-0.05, 0) is 26.9 Å². The zero-order valence-electron chi connectivity index (χ0n) is 13.0. The van der Waals surface area contributed by atoms with Crippen LogP contribution in [0.3, 0.4) is 0 Å². The van der Waals surface area contributed by atoms with Gasteiger partial charge in [0, 0.05) is 19.1 Å². The summed E-state index contributed by atoms with van der Waals surface area (Å²) < 4.78 is 1.34. The largest absolute Gasteiger partial charge is 0.347 e. The molecular weight excluding hydrogens is 274 g/mol. The van der Waals surface area contributed by atoms with E-state index in [-0.39, 0.29) is 17.4 Å². The number of nitrogens with one attached hydrogen (secondary N) is 1. The number of rotatable bonds is 8. The number of aryl methyl sites for hydroxylation is 1. The minimum Gasteiger partial charge on any atom is -0.347 e. The molecule has 0 saturated carbocycles. The molecule has 118 valence electrons. The fourth-order valence-electron chi connectivity index (χ4n) is 2.19. The number of carbonyl (C=O) groups excluding carboxylic acids is 1. The Balaban J connectivity index is 2.84. The van der Waals surface area contributed by atoms with E-state index in [0.29, 0.717) is 13.1 Å². The SMILES string of the molecule is CCN(CC)C[C@@H](C)NC(=O)c1c([N+](=O)[O-])cnn1CC. The maximum atomic E-state index is 12.3. The second kappa shape index (κ2) is 7.72. The van der Waals surface area contributed by atoms with E-state index in [1.165, 1.54) is 4.68 Å². The molecule has 8 nitrogen and oxygen atoms in total. The smallest absolute Gasteiger partial charge is 0.320 e. The number of nitrogens with zero attached hydrogens (tertiary/aromatic N) is 4. The molecule has 8 heteroatoms. The number of hydrogen-bond acceptors (Lipinski definition) is 5. The molecule has 1 aromatic heterocycles. The van der Waals surface area contributed by atoms with Gasteiger partial charge in [0.1, 0.15) is 6.20 Å². The van der Waals surface area contributed by atoms with Gasteiger partial charge in [-0.2, -0.15) is 5.10 Å². The lowest BCUT2D eigenvalue weighted by atomic mass is 10.2. The first kappa shape index (κ1) is 17.1. The highest BCUT2D eigenvalue weighted by Crippen LogP contribution is 2.17. The van der Waals surface area contributed by atoms with E-state index in [0.717, 1.165) is 19.3 Å². The first-order valence-corrected chi connectivity index (χ1v) is 7.17. The Hall–Kier alpha value is -1.96. The average molecular weight is 297 g/mol. The molecule has 1 heterocycles. The highest BCUT2D eigenvalue weighted by Gasteiger charge is 2.27. The van der Waals surface area contributed by atoms with Crippen LogP contribution >= 0.6 is 0 Å². The standard InChI is InChI=1S/C13H23N5O3/c1-5-16(6-2)9-10(4)15-13(19)12-11(18(20)21)8-14-17(12)7-3/h8,10H,5-7,9H2,1-4H3,(H,15,19)/t10-/m1/s1. The highest BCUT2D eigenvalue weighted by atomic mass is 16.6. The lowest BCUT2D eigenvalue weighted by Gasteiger charge is -2.23. The molecule has 0 aliphatic heterocycles. The Morgan fingerprint density at radius 2 is 2.10 bits per heavy atom.